The number of hydroxylamine groups is 2. The van der Waals surface area contributed by atoms with E-state index in [4.69, 9.17) is 9.57 Å². The molecule has 1 aliphatic carbocycles. The number of nitrogens with zero attached hydrogens (tertiary/aromatic N) is 3. The van der Waals surface area contributed by atoms with E-state index in [-0.39, 0.29) is 43.3 Å². The summed E-state index contributed by atoms with van der Waals surface area (Å²) in [6.45, 7) is 1.94. The third-order valence-electron chi connectivity index (χ3n) is 4.89. The predicted octanol–water partition coefficient (Wildman–Crippen LogP) is 3.06. The fourth-order valence-corrected chi connectivity index (χ4v) is 3.44. The summed E-state index contributed by atoms with van der Waals surface area (Å²) >= 11 is 0. The summed E-state index contributed by atoms with van der Waals surface area (Å²) in [6, 6.07) is 10.8. The van der Waals surface area contributed by atoms with E-state index in [1.165, 1.54) is 11.1 Å². The van der Waals surface area contributed by atoms with Crippen molar-refractivity contribution in [2.24, 2.45) is 0 Å². The van der Waals surface area contributed by atoms with Crippen LogP contribution >= 0.6 is 0 Å². The van der Waals surface area contributed by atoms with Gasteiger partial charge in [0.2, 0.25) is 5.88 Å². The van der Waals surface area contributed by atoms with E-state index in [2.05, 4.69) is 5.10 Å². The Kier molecular flexibility index (Phi) is 7.24. The average Bonchev–Trinajstić information content (AvgIpc) is 3.10. The number of rotatable bonds is 8. The Bertz CT molecular complexity index is 815. The smallest absolute Gasteiger partial charge is 0.358 e. The monoisotopic (exact) mass is 401 g/mol. The molecule has 0 bridgehead atoms. The van der Waals surface area contributed by atoms with E-state index in [0.717, 1.165) is 42.3 Å². The Hall–Kier alpha value is -2.87. The van der Waals surface area contributed by atoms with E-state index in [1.54, 1.807) is 6.92 Å². The molecule has 156 valence electrons. The minimum Gasteiger partial charge on any atom is -0.493 e. The highest BCUT2D eigenvalue weighted by molar-refractivity contribution is 5.87. The van der Waals surface area contributed by atoms with Crippen molar-refractivity contribution >= 4 is 11.9 Å². The summed E-state index contributed by atoms with van der Waals surface area (Å²) in [5.74, 6) is -1.23. The minimum absolute atomic E-state index is 0.0119. The van der Waals surface area contributed by atoms with Crippen molar-refractivity contribution in [1.29, 1.82) is 0 Å². The highest BCUT2D eigenvalue weighted by Gasteiger charge is 2.28. The largest absolute Gasteiger partial charge is 0.493 e. The third-order valence-corrected chi connectivity index (χ3v) is 4.89. The van der Waals surface area contributed by atoms with Gasteiger partial charge in [0.15, 0.2) is 5.69 Å². The van der Waals surface area contributed by atoms with Crippen LogP contribution in [-0.4, -0.2) is 44.5 Å². The van der Waals surface area contributed by atoms with Crippen LogP contribution in [0.4, 0.5) is 0 Å². The molecule has 0 unspecified atom stereocenters. The van der Waals surface area contributed by atoms with Gasteiger partial charge < -0.3 is 9.84 Å². The van der Waals surface area contributed by atoms with Crippen molar-refractivity contribution in [1.82, 2.24) is 14.8 Å². The molecule has 1 heterocycles. The summed E-state index contributed by atoms with van der Waals surface area (Å²) in [5.41, 5.74) is 0.930. The zero-order valence-electron chi connectivity index (χ0n) is 16.6. The summed E-state index contributed by atoms with van der Waals surface area (Å²) in [4.78, 5) is 30.7. The Labute approximate surface area is 170 Å². The lowest BCUT2D eigenvalue weighted by Gasteiger charge is -2.33. The van der Waals surface area contributed by atoms with Gasteiger partial charge in [-0.15, -0.1) is 0 Å². The van der Waals surface area contributed by atoms with E-state index in [0.29, 0.717) is 0 Å². The van der Waals surface area contributed by atoms with Gasteiger partial charge in [0.1, 0.15) is 13.2 Å². The lowest BCUT2D eigenvalue weighted by molar-refractivity contribution is -0.210. The van der Waals surface area contributed by atoms with Crippen LogP contribution in [0.3, 0.4) is 0 Å². The molecule has 1 fully saturated rings. The third kappa shape index (κ3) is 5.57. The van der Waals surface area contributed by atoms with Gasteiger partial charge in [0, 0.05) is 6.07 Å². The van der Waals surface area contributed by atoms with Crippen LogP contribution in [0.15, 0.2) is 36.4 Å². The molecule has 1 aromatic carbocycles. The highest BCUT2D eigenvalue weighted by atomic mass is 16.7. The molecule has 8 nitrogen and oxygen atoms in total. The molecule has 0 saturated heterocycles. The lowest BCUT2D eigenvalue weighted by atomic mass is 9.95. The summed E-state index contributed by atoms with van der Waals surface area (Å²) < 4.78 is 5.98. The lowest BCUT2D eigenvalue weighted by Crippen LogP contribution is -2.43. The number of carbonyl (C=O) groups is 2. The van der Waals surface area contributed by atoms with Gasteiger partial charge in [-0.25, -0.2) is 14.5 Å². The number of amides is 1. The standard InChI is InChI=1S/C21H27N3O5/c1-2-28-21(27)18-13-19(25)23(22-18)14-20(26)24(17-11-7-4-8-12-17)29-15-16-9-5-3-6-10-16/h3,5-6,9-10,13,17,25H,2,4,7-8,11-12,14-15H2,1H3. The minimum atomic E-state index is -0.640. The quantitative estimate of drug-likeness (QED) is 0.540. The SMILES string of the molecule is CCOC(=O)c1cc(O)n(CC(=O)N(OCc2ccccc2)C2CCCCC2)n1. The molecule has 1 aromatic heterocycles. The van der Waals surface area contributed by atoms with Crippen molar-refractivity contribution in [2.75, 3.05) is 6.61 Å². The maximum atomic E-state index is 13.0. The maximum Gasteiger partial charge on any atom is 0.358 e. The highest BCUT2D eigenvalue weighted by Crippen LogP contribution is 2.24. The number of aromatic hydroxyl groups is 1. The molecule has 1 N–H and O–H groups in total. The number of hydrogen-bond donors (Lipinski definition) is 1. The molecule has 8 heteroatoms. The number of hydrogen-bond acceptors (Lipinski definition) is 6. The molecule has 0 aliphatic heterocycles. The zero-order chi connectivity index (χ0) is 20.6. The average molecular weight is 401 g/mol. The molecule has 0 spiro atoms. The van der Waals surface area contributed by atoms with E-state index >= 15 is 0 Å². The van der Waals surface area contributed by atoms with Gasteiger partial charge >= 0.3 is 5.97 Å². The summed E-state index contributed by atoms with van der Waals surface area (Å²) in [5, 5.41) is 15.5. The Morgan fingerprint density at radius 1 is 1.21 bits per heavy atom. The van der Waals surface area contributed by atoms with Crippen molar-refractivity contribution in [2.45, 2.75) is 58.2 Å². The second kappa shape index (κ2) is 10.1. The van der Waals surface area contributed by atoms with Crippen molar-refractivity contribution in [3.8, 4) is 5.88 Å². The topological polar surface area (TPSA) is 93.9 Å². The van der Waals surface area contributed by atoms with E-state index in [9.17, 15) is 14.7 Å². The van der Waals surface area contributed by atoms with E-state index in [1.807, 2.05) is 30.3 Å². The first-order valence-electron chi connectivity index (χ1n) is 10.0. The van der Waals surface area contributed by atoms with Crippen molar-refractivity contribution in [3.05, 3.63) is 47.7 Å². The van der Waals surface area contributed by atoms with Gasteiger partial charge in [-0.3, -0.25) is 9.63 Å². The first kappa shape index (κ1) is 20.9. The fraction of sp³-hybridized carbons (Fsp3) is 0.476. The van der Waals surface area contributed by atoms with Crippen molar-refractivity contribution in [3.63, 3.8) is 0 Å². The molecule has 1 aliphatic rings. The van der Waals surface area contributed by atoms with Gasteiger partial charge in [0.25, 0.3) is 5.91 Å². The van der Waals surface area contributed by atoms with Gasteiger partial charge in [-0.05, 0) is 25.3 Å². The normalized spacial score (nSPS) is 14.5. The molecule has 29 heavy (non-hydrogen) atoms. The molecule has 0 atom stereocenters. The Morgan fingerprint density at radius 3 is 2.62 bits per heavy atom. The molecular formula is C21H27N3O5. The van der Waals surface area contributed by atoms with Gasteiger partial charge in [0.05, 0.1) is 12.6 Å². The van der Waals surface area contributed by atoms with Crippen LogP contribution in [-0.2, 0) is 27.5 Å². The molecule has 2 aromatic rings. The number of esters is 1. The summed E-state index contributed by atoms with van der Waals surface area (Å²) in [7, 11) is 0. The summed E-state index contributed by atoms with van der Waals surface area (Å²) in [6.07, 6.45) is 4.99. The van der Waals surface area contributed by atoms with Crippen molar-refractivity contribution < 1.29 is 24.3 Å². The second-order valence-corrected chi connectivity index (χ2v) is 7.04. The zero-order valence-corrected chi connectivity index (χ0v) is 16.6. The molecule has 3 rings (SSSR count). The number of carbonyl (C=O) groups excluding carboxylic acids is 2. The Balaban J connectivity index is 1.71. The first-order chi connectivity index (χ1) is 14.1. The number of ether oxygens (including phenoxy) is 1. The van der Waals surface area contributed by atoms with Crippen LogP contribution in [0, 0.1) is 0 Å². The molecule has 1 amide bonds. The molecular weight excluding hydrogens is 374 g/mol. The van der Waals surface area contributed by atoms with Crippen LogP contribution < -0.4 is 0 Å². The van der Waals surface area contributed by atoms with Gasteiger partial charge in [-0.1, -0.05) is 49.6 Å². The van der Waals surface area contributed by atoms with Gasteiger partial charge in [-0.2, -0.15) is 5.10 Å². The molecule has 0 radical (unpaired) electrons. The number of aromatic nitrogens is 2. The molecule has 1 saturated carbocycles. The predicted molar refractivity (Wildman–Crippen MR) is 105 cm³/mol. The van der Waals surface area contributed by atoms with E-state index < -0.39 is 5.97 Å². The van der Waals surface area contributed by atoms with Crippen LogP contribution in [0.5, 0.6) is 5.88 Å². The Morgan fingerprint density at radius 2 is 1.93 bits per heavy atom. The van der Waals surface area contributed by atoms with Crippen LogP contribution in [0.25, 0.3) is 0 Å². The fourth-order valence-electron chi connectivity index (χ4n) is 3.44. The second-order valence-electron chi connectivity index (χ2n) is 7.04. The first-order valence-corrected chi connectivity index (χ1v) is 10.0. The van der Waals surface area contributed by atoms with Crippen LogP contribution in [0.1, 0.15) is 55.1 Å². The van der Waals surface area contributed by atoms with Crippen LogP contribution in [0.2, 0.25) is 0 Å². The maximum absolute atomic E-state index is 13.0. The number of benzene rings is 1.